The molecular formula is C114H91BN4. The third kappa shape index (κ3) is 12.4. The molecule has 2 aromatic heterocycles. The van der Waals surface area contributed by atoms with Crippen LogP contribution in [-0.2, 0) is 16.2 Å². The molecule has 0 atom stereocenters. The van der Waals surface area contributed by atoms with Crippen LogP contribution in [0.1, 0.15) is 117 Å². The van der Waals surface area contributed by atoms with E-state index in [4.69, 9.17) is 0 Å². The molecule has 19 aromatic rings. The summed E-state index contributed by atoms with van der Waals surface area (Å²) in [4.78, 5) is 3.68. The van der Waals surface area contributed by atoms with Crippen LogP contribution < -0.4 is 26.2 Å². The van der Waals surface area contributed by atoms with E-state index in [1.54, 1.807) is 60.7 Å². The fraction of sp³-hybridized carbons (Fsp3) is 0.105. The Morgan fingerprint density at radius 2 is 0.555 bits per heavy atom. The molecule has 2 aliphatic rings. The van der Waals surface area contributed by atoms with Gasteiger partial charge in [-0.25, -0.2) is 0 Å². The molecule has 0 amide bonds. The highest BCUT2D eigenvalue weighted by molar-refractivity contribution is 7.00. The van der Waals surface area contributed by atoms with Gasteiger partial charge < -0.3 is 18.9 Å². The molecule has 570 valence electrons. The predicted octanol–water partition coefficient (Wildman–Crippen LogP) is 29.2. The van der Waals surface area contributed by atoms with Crippen molar-refractivity contribution in [3.8, 4) is 100 Å². The molecule has 119 heavy (non-hydrogen) atoms. The standard InChI is InChI=1S/C114H91BN4/c1-112(2,3)84-66-93(76-40-20-12-21-41-76)110(94(67-84)77-42-22-13-23-43-77)118-103-72-87(116-99-56-30-28-52-91(99)107-89(54-34-58-101(107)116)82-50-32-48-80(64-82)74-36-16-10-17-37-74)60-62-97(103)115-98-63-61-88(117-100-57-31-29-53-92(100)108-90(55-35-59-102(108)117)83-51-33-49-81(65-83)75-38-18-11-19-39-75)73-104(98)119(106-71-86(114(7,8)9)70-105(118)109(106)115)111-95(78-44-24-14-25-45-78)68-85(113(4,5)6)69-96(111)79-46-26-15-27-47-79/h10-73H,1-9H3/i28D,29D,30D,31D,32D,33D,34D,35D,48D,49D,50D,51D,52D,53D,54D,55D,56D,57D,58D,59D,60D,61D,62D,63D,64D,65D,72D,73D. The maximum absolute atomic E-state index is 12.2. The highest BCUT2D eigenvalue weighted by Gasteiger charge is 2.47. The Morgan fingerprint density at radius 3 is 0.899 bits per heavy atom. The summed E-state index contributed by atoms with van der Waals surface area (Å²) < 4.78 is 292. The summed E-state index contributed by atoms with van der Waals surface area (Å²) in [5, 5.41) is -1.90. The zero-order valence-corrected chi connectivity index (χ0v) is 66.7. The minimum atomic E-state index is -1.80. The van der Waals surface area contributed by atoms with Crippen molar-refractivity contribution in [1.29, 1.82) is 0 Å². The molecule has 0 spiro atoms. The molecule has 0 bridgehead atoms. The molecule has 2 aliphatic heterocycles. The topological polar surface area (TPSA) is 16.3 Å². The van der Waals surface area contributed by atoms with Crippen LogP contribution in [0.5, 0.6) is 0 Å². The van der Waals surface area contributed by atoms with Crippen LogP contribution in [0.3, 0.4) is 0 Å². The molecule has 17 aromatic carbocycles. The quantitative estimate of drug-likeness (QED) is 0.113. The molecule has 5 heteroatoms. The second kappa shape index (κ2) is 28.4. The Labute approximate surface area is 738 Å². The van der Waals surface area contributed by atoms with Crippen LogP contribution in [0, 0.1) is 0 Å². The van der Waals surface area contributed by atoms with E-state index in [2.05, 4.69) is 41.5 Å². The van der Waals surface area contributed by atoms with Crippen LogP contribution in [0.25, 0.3) is 144 Å². The van der Waals surface area contributed by atoms with E-state index in [0.29, 0.717) is 61.4 Å². The first kappa shape index (κ1) is 48.5. The van der Waals surface area contributed by atoms with Crippen molar-refractivity contribution >= 4 is 101 Å². The molecule has 0 fully saturated rings. The molecule has 0 N–H and O–H groups in total. The van der Waals surface area contributed by atoms with Gasteiger partial charge in [-0.3, -0.25) is 0 Å². The van der Waals surface area contributed by atoms with Gasteiger partial charge in [0.1, 0.15) is 0 Å². The molecule has 0 aliphatic carbocycles. The largest absolute Gasteiger partial charge is 0.310 e. The van der Waals surface area contributed by atoms with Crippen molar-refractivity contribution in [1.82, 2.24) is 9.13 Å². The van der Waals surface area contributed by atoms with Crippen molar-refractivity contribution in [2.45, 2.75) is 78.6 Å². The van der Waals surface area contributed by atoms with E-state index in [-0.39, 0.29) is 61.4 Å². The molecular weight excluding hydrogens is 1440 g/mol. The van der Waals surface area contributed by atoms with Crippen LogP contribution in [0.4, 0.5) is 34.1 Å². The van der Waals surface area contributed by atoms with Gasteiger partial charge in [-0.05, 0) is 213 Å². The number of rotatable bonds is 12. The smallest absolute Gasteiger partial charge is 0.252 e. The zero-order valence-electron chi connectivity index (χ0n) is 94.7. The number of para-hydroxylation sites is 2. The average molecular weight is 1560 g/mol. The lowest BCUT2D eigenvalue weighted by Gasteiger charge is -2.47. The van der Waals surface area contributed by atoms with Gasteiger partial charge in [0.25, 0.3) is 6.71 Å². The van der Waals surface area contributed by atoms with Gasteiger partial charge in [0.05, 0.1) is 71.8 Å². The van der Waals surface area contributed by atoms with Crippen molar-refractivity contribution in [3.63, 3.8) is 0 Å². The lowest BCUT2D eigenvalue weighted by molar-refractivity contribution is 0.590. The van der Waals surface area contributed by atoms with Gasteiger partial charge in [0.2, 0.25) is 0 Å². The summed E-state index contributed by atoms with van der Waals surface area (Å²) in [6.45, 7) is 16.6. The number of hydrogen-bond donors (Lipinski definition) is 0. The SMILES string of the molecule is [2H]c1c([2H])c(-c2ccccc2)c([2H])c(-c2c([2H])c([2H])c([2H])c3c2c2c([2H])c([2H])c([2H])c([2H])c2n3-c2c([2H])c([2H])c3c(c2[2H])N(c2c(-c4ccccc4)cc(C(C)(C)C)cc2-c2ccccc2)c2cc(C(C)(C)C)cc4c2B3c2c([2H])c([2H])c(-n3c5c([2H])c([2H])c([2H])c([2H])c5c5c(-c6c([2H])c([2H])c([2H])c(-c7ccccc7)c6[2H])c([2H])c([2H])c([2H])c53)c([2H])c2N4c2c(-c3ccccc3)cc(C(C)(C)C)cc2-c2ccccc2)c1[2H]. The van der Waals surface area contributed by atoms with Crippen molar-refractivity contribution in [3.05, 3.63) is 404 Å². The highest BCUT2D eigenvalue weighted by atomic mass is 15.2. The highest BCUT2D eigenvalue weighted by Crippen LogP contribution is 2.56. The third-order valence-electron chi connectivity index (χ3n) is 22.9. The van der Waals surface area contributed by atoms with Gasteiger partial charge in [-0.15, -0.1) is 0 Å². The Morgan fingerprint density at radius 1 is 0.252 bits per heavy atom. The van der Waals surface area contributed by atoms with Crippen molar-refractivity contribution < 1.29 is 38.4 Å². The fourth-order valence-electron chi connectivity index (χ4n) is 17.0. The normalized spacial score (nSPS) is 16.0. The minimum absolute atomic E-state index is 0.186. The van der Waals surface area contributed by atoms with Gasteiger partial charge in [0, 0.05) is 77.9 Å². The van der Waals surface area contributed by atoms with Gasteiger partial charge in [0.15, 0.2) is 0 Å². The molecule has 0 saturated carbocycles. The third-order valence-corrected chi connectivity index (χ3v) is 22.9. The van der Waals surface area contributed by atoms with Crippen LogP contribution in [0.2, 0.25) is 0 Å². The Kier molecular flexibility index (Phi) is 11.6. The monoisotopic (exact) mass is 1550 g/mol. The summed E-state index contributed by atoms with van der Waals surface area (Å²) in [6.07, 6.45) is 0. The van der Waals surface area contributed by atoms with Crippen molar-refractivity contribution in [2.24, 2.45) is 0 Å². The first-order valence-corrected chi connectivity index (χ1v) is 39.7. The van der Waals surface area contributed by atoms with E-state index in [1.807, 2.05) is 188 Å². The van der Waals surface area contributed by atoms with Crippen molar-refractivity contribution in [2.75, 3.05) is 9.80 Å². The number of benzene rings is 17. The van der Waals surface area contributed by atoms with E-state index in [0.717, 1.165) is 20.3 Å². The maximum atomic E-state index is 12.2. The molecule has 4 heterocycles. The lowest BCUT2D eigenvalue weighted by atomic mass is 9.33. The number of fused-ring (bicyclic) bond motifs is 10. The van der Waals surface area contributed by atoms with E-state index < -0.39 is 269 Å². The molecule has 21 rings (SSSR count). The average Bonchev–Trinajstić information content (AvgIpc) is 1.42. The predicted molar refractivity (Wildman–Crippen MR) is 509 cm³/mol. The second-order valence-corrected chi connectivity index (χ2v) is 33.4. The summed E-state index contributed by atoms with van der Waals surface area (Å²) in [7, 11) is 0. The lowest BCUT2D eigenvalue weighted by Crippen LogP contribution is -2.61. The second-order valence-electron chi connectivity index (χ2n) is 33.4. The molecule has 0 radical (unpaired) electrons. The summed E-state index contributed by atoms with van der Waals surface area (Å²) in [5.74, 6) is 0. The van der Waals surface area contributed by atoms with E-state index in [9.17, 15) is 38.4 Å². The zero-order chi connectivity index (χ0) is 105. The summed E-state index contributed by atoms with van der Waals surface area (Å²) >= 11 is 0. The van der Waals surface area contributed by atoms with E-state index in [1.165, 1.54) is 0 Å². The van der Waals surface area contributed by atoms with E-state index >= 15 is 0 Å². The summed E-state index contributed by atoms with van der Waals surface area (Å²) in [5.41, 5.74) is -1.11. The Hall–Kier alpha value is -14.0. The number of nitrogens with zero attached hydrogens (tertiary/aromatic N) is 4. The maximum Gasteiger partial charge on any atom is 0.252 e. The van der Waals surface area contributed by atoms with Crippen LogP contribution in [-0.4, -0.2) is 15.8 Å². The molecule has 0 unspecified atom stereocenters. The fourth-order valence-corrected chi connectivity index (χ4v) is 17.0. The molecule has 4 nitrogen and oxygen atoms in total. The van der Waals surface area contributed by atoms with Gasteiger partial charge in [-0.1, -0.05) is 353 Å². The first-order chi connectivity index (χ1) is 69.7. The van der Waals surface area contributed by atoms with Crippen LogP contribution >= 0.6 is 0 Å². The number of aromatic nitrogens is 2. The number of anilines is 6. The first-order valence-electron chi connectivity index (χ1n) is 53.7. The minimum Gasteiger partial charge on any atom is -0.310 e. The number of hydrogen-bond acceptors (Lipinski definition) is 2. The van der Waals surface area contributed by atoms with Crippen LogP contribution in [0.15, 0.2) is 388 Å². The Balaban J connectivity index is 1.02. The van der Waals surface area contributed by atoms with Gasteiger partial charge in [-0.2, -0.15) is 0 Å². The summed E-state index contributed by atoms with van der Waals surface area (Å²) in [6, 6.07) is 43.9. The Bertz CT molecular complexity index is 8360. The molecule has 0 saturated heterocycles. The van der Waals surface area contributed by atoms with Gasteiger partial charge >= 0.3 is 0 Å².